The fraction of sp³-hybridized carbons (Fsp3) is 0.312. The number of allylic oxidation sites excluding steroid dienone is 3. The second kappa shape index (κ2) is 6.39. The van der Waals surface area contributed by atoms with E-state index >= 15 is 0 Å². The van der Waals surface area contributed by atoms with Crippen LogP contribution >= 0.6 is 0 Å². The fourth-order valence-electron chi connectivity index (χ4n) is 2.24. The lowest BCUT2D eigenvalue weighted by atomic mass is 10.2. The molecule has 0 saturated carbocycles. The number of imidazole rings is 1. The van der Waals surface area contributed by atoms with Crippen LogP contribution in [0.4, 0.5) is 0 Å². The van der Waals surface area contributed by atoms with Gasteiger partial charge in [0.25, 0.3) is 0 Å². The molecule has 0 unspecified atom stereocenters. The minimum atomic E-state index is 0.0449. The Bertz CT molecular complexity index is 653. The van der Waals surface area contributed by atoms with Gasteiger partial charge >= 0.3 is 0 Å². The van der Waals surface area contributed by atoms with Crippen molar-refractivity contribution in [3.05, 3.63) is 47.9 Å². The van der Waals surface area contributed by atoms with Gasteiger partial charge in [0.15, 0.2) is 0 Å². The van der Waals surface area contributed by atoms with Crippen LogP contribution in [0.2, 0.25) is 0 Å². The number of aliphatic hydroxyl groups is 1. The van der Waals surface area contributed by atoms with E-state index in [1.807, 2.05) is 44.6 Å². The maximum absolute atomic E-state index is 9.21. The van der Waals surface area contributed by atoms with E-state index in [1.54, 1.807) is 0 Å². The van der Waals surface area contributed by atoms with Gasteiger partial charge in [-0.1, -0.05) is 19.1 Å². The van der Waals surface area contributed by atoms with Gasteiger partial charge in [0.1, 0.15) is 5.82 Å². The van der Waals surface area contributed by atoms with Gasteiger partial charge in [-0.3, -0.25) is 0 Å². The maximum atomic E-state index is 9.21. The van der Waals surface area contributed by atoms with Crippen LogP contribution < -0.4 is 5.32 Å². The van der Waals surface area contributed by atoms with Crippen LogP contribution in [-0.4, -0.2) is 21.7 Å². The first-order valence-electron chi connectivity index (χ1n) is 6.80. The zero-order chi connectivity index (χ0) is 14.5. The van der Waals surface area contributed by atoms with Gasteiger partial charge in [-0.15, -0.1) is 0 Å². The van der Waals surface area contributed by atoms with Gasteiger partial charge in [0.2, 0.25) is 0 Å². The van der Waals surface area contributed by atoms with Gasteiger partial charge < -0.3 is 15.0 Å². The molecule has 1 heterocycles. The number of aliphatic hydroxyl groups excluding tert-OH is 1. The largest absolute Gasteiger partial charge is 0.394 e. The first kappa shape index (κ1) is 14.3. The highest BCUT2D eigenvalue weighted by molar-refractivity contribution is 5.80. The van der Waals surface area contributed by atoms with E-state index in [0.29, 0.717) is 0 Å². The molecule has 0 amide bonds. The third-order valence-corrected chi connectivity index (χ3v) is 3.36. The molecule has 0 aliphatic rings. The third kappa shape index (κ3) is 2.75. The molecule has 0 bridgehead atoms. The molecular weight excluding hydrogens is 250 g/mol. The molecular formula is C16H21N3O. The van der Waals surface area contributed by atoms with E-state index in [9.17, 15) is 5.11 Å². The zero-order valence-corrected chi connectivity index (χ0v) is 12.2. The monoisotopic (exact) mass is 271 g/mol. The molecule has 1 aromatic heterocycles. The van der Waals surface area contributed by atoms with Crippen LogP contribution in [0.5, 0.6) is 0 Å². The van der Waals surface area contributed by atoms with E-state index in [4.69, 9.17) is 4.98 Å². The Balaban J connectivity index is 2.50. The van der Waals surface area contributed by atoms with Crippen LogP contribution in [0, 0.1) is 0 Å². The predicted molar refractivity (Wildman–Crippen MR) is 83.1 cm³/mol. The molecule has 20 heavy (non-hydrogen) atoms. The minimum Gasteiger partial charge on any atom is -0.394 e. The molecule has 0 atom stereocenters. The summed E-state index contributed by atoms with van der Waals surface area (Å²) in [6.45, 7) is 2.17. The second-order valence-electron chi connectivity index (χ2n) is 4.67. The summed E-state index contributed by atoms with van der Waals surface area (Å²) >= 11 is 0. The topological polar surface area (TPSA) is 50.1 Å². The predicted octanol–water partition coefficient (Wildman–Crippen LogP) is 2.59. The first-order chi connectivity index (χ1) is 9.71. The quantitative estimate of drug-likeness (QED) is 0.822. The molecule has 4 heteroatoms. The van der Waals surface area contributed by atoms with Crippen molar-refractivity contribution in [1.29, 1.82) is 0 Å². The number of hydrogen-bond donors (Lipinski definition) is 2. The third-order valence-electron chi connectivity index (χ3n) is 3.36. The molecule has 0 fully saturated rings. The number of rotatable bonds is 5. The highest BCUT2D eigenvalue weighted by atomic mass is 16.3. The second-order valence-corrected chi connectivity index (χ2v) is 4.67. The molecule has 0 aliphatic carbocycles. The number of nitrogens with one attached hydrogen (secondary N) is 1. The van der Waals surface area contributed by atoms with Crippen LogP contribution in [0.25, 0.3) is 16.6 Å². The number of hydrogen-bond acceptors (Lipinski definition) is 3. The molecule has 2 aromatic rings. The molecule has 0 radical (unpaired) electrons. The maximum Gasteiger partial charge on any atom is 0.136 e. The number of fused-ring (bicyclic) bond motifs is 1. The Morgan fingerprint density at radius 1 is 1.45 bits per heavy atom. The minimum absolute atomic E-state index is 0.0449. The van der Waals surface area contributed by atoms with E-state index in [2.05, 4.69) is 22.9 Å². The Labute approximate surface area is 119 Å². The van der Waals surface area contributed by atoms with Gasteiger partial charge in [-0.2, -0.15) is 0 Å². The van der Waals surface area contributed by atoms with Crippen molar-refractivity contribution in [3.8, 4) is 0 Å². The number of aryl methyl sites for hydroxylation is 1. The van der Waals surface area contributed by atoms with Gasteiger partial charge in [0, 0.05) is 14.1 Å². The summed E-state index contributed by atoms with van der Waals surface area (Å²) in [5.41, 5.74) is 4.07. The zero-order valence-electron chi connectivity index (χ0n) is 12.2. The van der Waals surface area contributed by atoms with Crippen molar-refractivity contribution in [2.45, 2.75) is 20.0 Å². The van der Waals surface area contributed by atoms with E-state index < -0.39 is 0 Å². The summed E-state index contributed by atoms with van der Waals surface area (Å²) < 4.78 is 2.10. The summed E-state index contributed by atoms with van der Waals surface area (Å²) in [7, 11) is 3.90. The fourth-order valence-corrected chi connectivity index (χ4v) is 2.24. The smallest absolute Gasteiger partial charge is 0.136 e. The summed E-state index contributed by atoms with van der Waals surface area (Å²) in [6.07, 6.45) is 6.86. The molecule has 0 spiro atoms. The van der Waals surface area contributed by atoms with Crippen molar-refractivity contribution in [2.24, 2.45) is 7.05 Å². The Kier molecular flexibility index (Phi) is 4.58. The summed E-state index contributed by atoms with van der Waals surface area (Å²) in [5, 5.41) is 12.2. The van der Waals surface area contributed by atoms with Crippen molar-refractivity contribution >= 4 is 16.6 Å². The molecule has 4 nitrogen and oxygen atoms in total. The van der Waals surface area contributed by atoms with Gasteiger partial charge in [-0.25, -0.2) is 4.98 Å². The van der Waals surface area contributed by atoms with Crippen molar-refractivity contribution in [1.82, 2.24) is 14.9 Å². The lowest BCUT2D eigenvalue weighted by Gasteiger charge is -2.04. The van der Waals surface area contributed by atoms with Crippen LogP contribution in [0.15, 0.2) is 36.6 Å². The van der Waals surface area contributed by atoms with Crippen LogP contribution in [-0.2, 0) is 13.7 Å². The lowest BCUT2D eigenvalue weighted by molar-refractivity contribution is 0.282. The number of aromatic nitrogens is 2. The summed E-state index contributed by atoms with van der Waals surface area (Å²) in [6, 6.07) is 5.88. The average molecular weight is 271 g/mol. The van der Waals surface area contributed by atoms with E-state index in [1.165, 1.54) is 5.57 Å². The van der Waals surface area contributed by atoms with Gasteiger partial charge in [0.05, 0.1) is 17.6 Å². The molecule has 0 saturated heterocycles. The molecule has 2 N–H and O–H groups in total. The van der Waals surface area contributed by atoms with Crippen LogP contribution in [0.3, 0.4) is 0 Å². The molecule has 106 valence electrons. The summed E-state index contributed by atoms with van der Waals surface area (Å²) in [5.74, 6) is 0.971. The van der Waals surface area contributed by atoms with Gasteiger partial charge in [-0.05, 0) is 42.0 Å². The van der Waals surface area contributed by atoms with Crippen LogP contribution in [0.1, 0.15) is 24.7 Å². The normalized spacial score (nSPS) is 12.5. The molecule has 0 aliphatic heterocycles. The Hall–Kier alpha value is -2.07. The van der Waals surface area contributed by atoms with E-state index in [0.717, 1.165) is 28.8 Å². The molecule has 1 aromatic carbocycles. The first-order valence-corrected chi connectivity index (χ1v) is 6.80. The number of nitrogens with zero attached hydrogens (tertiary/aromatic N) is 2. The lowest BCUT2D eigenvalue weighted by Crippen LogP contribution is -1.97. The van der Waals surface area contributed by atoms with Crippen molar-refractivity contribution < 1.29 is 5.11 Å². The molecule has 2 rings (SSSR count). The summed E-state index contributed by atoms with van der Waals surface area (Å²) in [4.78, 5) is 4.70. The standard InChI is InChI=1S/C16H21N3O/c1-4-13(6-5-9-17-2)16-18-14-10-12(11-20)7-8-15(14)19(16)3/h5-10,17,20H,4,11H2,1-3H3/b9-5-,13-6+. The van der Waals surface area contributed by atoms with Crippen molar-refractivity contribution in [3.63, 3.8) is 0 Å². The van der Waals surface area contributed by atoms with E-state index in [-0.39, 0.29) is 6.61 Å². The Morgan fingerprint density at radius 3 is 2.90 bits per heavy atom. The average Bonchev–Trinajstić information content (AvgIpc) is 2.80. The van der Waals surface area contributed by atoms with Crippen molar-refractivity contribution in [2.75, 3.05) is 7.05 Å². The Morgan fingerprint density at radius 2 is 2.25 bits per heavy atom. The number of benzene rings is 1. The SMILES string of the molecule is CC/C(=C\C=C/NC)c1nc2cc(CO)ccc2n1C. The highest BCUT2D eigenvalue weighted by Crippen LogP contribution is 2.23. The highest BCUT2D eigenvalue weighted by Gasteiger charge is 2.10.